The van der Waals surface area contributed by atoms with Crippen molar-refractivity contribution in [1.29, 1.82) is 0 Å². The van der Waals surface area contributed by atoms with Gasteiger partial charge in [0, 0.05) is 11.1 Å². The lowest BCUT2D eigenvalue weighted by Crippen LogP contribution is -2.09. The number of nitrogens with zero attached hydrogens (tertiary/aromatic N) is 1. The van der Waals surface area contributed by atoms with Gasteiger partial charge in [0.15, 0.2) is 0 Å². The zero-order valence-electron chi connectivity index (χ0n) is 12.8. The van der Waals surface area contributed by atoms with E-state index in [-0.39, 0.29) is 0 Å². The van der Waals surface area contributed by atoms with Crippen LogP contribution in [0.2, 0.25) is 0 Å². The third-order valence-electron chi connectivity index (χ3n) is 3.12. The number of rotatable bonds is 5. The Morgan fingerprint density at radius 2 is 1.50 bits per heavy atom. The van der Waals surface area contributed by atoms with Crippen LogP contribution in [0.3, 0.4) is 0 Å². The van der Waals surface area contributed by atoms with Gasteiger partial charge in [0.2, 0.25) is 0 Å². The standard InChI is InChI=1S/C19H19NO2/c1-3-10-17(19(21)22-2)20-18(15-11-6-4-7-12-15)16-13-8-5-9-14-16/h4-14H,3H2,1-2H3/b17-10+. The smallest absolute Gasteiger partial charge is 0.356 e. The molecule has 112 valence electrons. The summed E-state index contributed by atoms with van der Waals surface area (Å²) in [6.07, 6.45) is 2.49. The second-order valence-corrected chi connectivity index (χ2v) is 4.68. The van der Waals surface area contributed by atoms with Crippen molar-refractivity contribution >= 4 is 11.7 Å². The number of carbonyl (C=O) groups is 1. The number of hydrogen-bond donors (Lipinski definition) is 0. The number of allylic oxidation sites excluding steroid dienone is 1. The minimum absolute atomic E-state index is 0.327. The summed E-state index contributed by atoms with van der Waals surface area (Å²) in [5, 5.41) is 0. The third kappa shape index (κ3) is 3.92. The normalized spacial score (nSPS) is 10.9. The minimum Gasteiger partial charge on any atom is -0.464 e. The van der Waals surface area contributed by atoms with Gasteiger partial charge in [-0.15, -0.1) is 0 Å². The van der Waals surface area contributed by atoms with Gasteiger partial charge in [-0.2, -0.15) is 0 Å². The molecule has 0 aliphatic carbocycles. The maximum absolute atomic E-state index is 11.9. The molecule has 2 rings (SSSR count). The van der Waals surface area contributed by atoms with Gasteiger partial charge in [0.05, 0.1) is 12.8 Å². The highest BCUT2D eigenvalue weighted by atomic mass is 16.5. The molecule has 0 unspecified atom stereocenters. The molecular formula is C19H19NO2. The summed E-state index contributed by atoms with van der Waals surface area (Å²) < 4.78 is 4.82. The second kappa shape index (κ2) is 7.93. The van der Waals surface area contributed by atoms with E-state index < -0.39 is 5.97 Å². The molecule has 0 radical (unpaired) electrons. The van der Waals surface area contributed by atoms with Crippen molar-refractivity contribution in [2.75, 3.05) is 7.11 Å². The zero-order chi connectivity index (χ0) is 15.8. The summed E-state index contributed by atoms with van der Waals surface area (Å²) in [6, 6.07) is 19.6. The topological polar surface area (TPSA) is 38.7 Å². The number of methoxy groups -OCH3 is 1. The van der Waals surface area contributed by atoms with E-state index in [9.17, 15) is 4.79 Å². The fourth-order valence-corrected chi connectivity index (χ4v) is 2.08. The lowest BCUT2D eigenvalue weighted by Gasteiger charge is -2.08. The van der Waals surface area contributed by atoms with Crippen LogP contribution in [-0.2, 0) is 9.53 Å². The molecule has 0 aromatic heterocycles. The molecule has 0 amide bonds. The van der Waals surface area contributed by atoms with E-state index in [1.165, 1.54) is 7.11 Å². The molecule has 0 heterocycles. The minimum atomic E-state index is -0.425. The van der Waals surface area contributed by atoms with Crippen LogP contribution in [0.1, 0.15) is 24.5 Å². The van der Waals surface area contributed by atoms with E-state index in [2.05, 4.69) is 4.99 Å². The lowest BCUT2D eigenvalue weighted by atomic mass is 10.0. The fraction of sp³-hybridized carbons (Fsp3) is 0.158. The largest absolute Gasteiger partial charge is 0.464 e. The van der Waals surface area contributed by atoms with Crippen molar-refractivity contribution in [3.8, 4) is 0 Å². The van der Waals surface area contributed by atoms with E-state index in [1.54, 1.807) is 6.08 Å². The molecule has 0 saturated carbocycles. The van der Waals surface area contributed by atoms with Crippen LogP contribution >= 0.6 is 0 Å². The van der Waals surface area contributed by atoms with Crippen molar-refractivity contribution in [3.63, 3.8) is 0 Å². The Labute approximate surface area is 131 Å². The molecule has 3 nitrogen and oxygen atoms in total. The molecule has 0 aliphatic heterocycles. The third-order valence-corrected chi connectivity index (χ3v) is 3.12. The van der Waals surface area contributed by atoms with E-state index in [1.807, 2.05) is 67.6 Å². The number of hydrogen-bond acceptors (Lipinski definition) is 3. The molecule has 0 saturated heterocycles. The number of ether oxygens (including phenoxy) is 1. The van der Waals surface area contributed by atoms with Crippen molar-refractivity contribution < 1.29 is 9.53 Å². The molecule has 2 aromatic rings. The Balaban J connectivity index is 2.56. The number of carbonyl (C=O) groups excluding carboxylic acids is 1. The molecular weight excluding hydrogens is 274 g/mol. The van der Waals surface area contributed by atoms with Gasteiger partial charge in [-0.1, -0.05) is 73.7 Å². The van der Waals surface area contributed by atoms with E-state index in [0.717, 1.165) is 16.8 Å². The van der Waals surface area contributed by atoms with Gasteiger partial charge >= 0.3 is 5.97 Å². The fourth-order valence-electron chi connectivity index (χ4n) is 2.08. The average molecular weight is 293 g/mol. The Kier molecular flexibility index (Phi) is 5.66. The van der Waals surface area contributed by atoms with Crippen molar-refractivity contribution in [1.82, 2.24) is 0 Å². The summed E-state index contributed by atoms with van der Waals surface area (Å²) >= 11 is 0. The van der Waals surface area contributed by atoms with Gasteiger partial charge in [-0.3, -0.25) is 0 Å². The van der Waals surface area contributed by atoms with Gasteiger partial charge in [0.25, 0.3) is 0 Å². The first-order chi connectivity index (χ1) is 10.8. The first-order valence-electron chi connectivity index (χ1n) is 7.24. The van der Waals surface area contributed by atoms with E-state index >= 15 is 0 Å². The molecule has 0 N–H and O–H groups in total. The van der Waals surface area contributed by atoms with Crippen molar-refractivity contribution in [3.05, 3.63) is 83.6 Å². The molecule has 0 atom stereocenters. The quantitative estimate of drug-likeness (QED) is 0.475. The van der Waals surface area contributed by atoms with Crippen molar-refractivity contribution in [2.24, 2.45) is 4.99 Å². The van der Waals surface area contributed by atoms with Crippen LogP contribution < -0.4 is 0 Å². The molecule has 3 heteroatoms. The highest BCUT2D eigenvalue weighted by Crippen LogP contribution is 2.14. The van der Waals surface area contributed by atoms with Crippen LogP contribution in [0, 0.1) is 0 Å². The Morgan fingerprint density at radius 1 is 1.00 bits per heavy atom. The maximum Gasteiger partial charge on any atom is 0.356 e. The highest BCUT2D eigenvalue weighted by Gasteiger charge is 2.12. The first kappa shape index (κ1) is 15.7. The maximum atomic E-state index is 11.9. The molecule has 0 spiro atoms. The summed E-state index contributed by atoms with van der Waals surface area (Å²) in [6.45, 7) is 1.96. The summed E-state index contributed by atoms with van der Waals surface area (Å²) in [4.78, 5) is 16.5. The number of benzene rings is 2. The number of aliphatic imine (C=N–C) groups is 1. The monoisotopic (exact) mass is 293 g/mol. The van der Waals surface area contributed by atoms with Gasteiger partial charge in [0.1, 0.15) is 5.70 Å². The Hall–Kier alpha value is -2.68. The van der Waals surface area contributed by atoms with Crippen molar-refractivity contribution in [2.45, 2.75) is 13.3 Å². The summed E-state index contributed by atoms with van der Waals surface area (Å²) in [7, 11) is 1.37. The zero-order valence-corrected chi connectivity index (χ0v) is 12.8. The number of esters is 1. The molecule has 0 aliphatic rings. The second-order valence-electron chi connectivity index (χ2n) is 4.68. The van der Waals surface area contributed by atoms with Gasteiger partial charge < -0.3 is 4.74 Å². The van der Waals surface area contributed by atoms with Crippen LogP contribution in [0.5, 0.6) is 0 Å². The molecule has 2 aromatic carbocycles. The van der Waals surface area contributed by atoms with Gasteiger partial charge in [-0.25, -0.2) is 9.79 Å². The Morgan fingerprint density at radius 3 is 1.91 bits per heavy atom. The van der Waals surface area contributed by atoms with Crippen LogP contribution in [0.15, 0.2) is 77.4 Å². The van der Waals surface area contributed by atoms with Crippen LogP contribution in [0.4, 0.5) is 0 Å². The van der Waals surface area contributed by atoms with Crippen LogP contribution in [-0.4, -0.2) is 18.8 Å². The average Bonchev–Trinajstić information content (AvgIpc) is 2.59. The van der Waals surface area contributed by atoms with E-state index in [0.29, 0.717) is 12.1 Å². The van der Waals surface area contributed by atoms with Crippen LogP contribution in [0.25, 0.3) is 0 Å². The lowest BCUT2D eigenvalue weighted by molar-refractivity contribution is -0.136. The summed E-state index contributed by atoms with van der Waals surface area (Å²) in [5.74, 6) is -0.425. The van der Waals surface area contributed by atoms with E-state index in [4.69, 9.17) is 4.74 Å². The first-order valence-corrected chi connectivity index (χ1v) is 7.24. The predicted molar refractivity (Wildman–Crippen MR) is 88.9 cm³/mol. The Bertz CT molecular complexity index is 632. The molecule has 0 fully saturated rings. The highest BCUT2D eigenvalue weighted by molar-refractivity contribution is 6.14. The predicted octanol–water partition coefficient (Wildman–Crippen LogP) is 3.99. The molecule has 0 bridgehead atoms. The van der Waals surface area contributed by atoms with Gasteiger partial charge in [-0.05, 0) is 6.42 Å². The molecule has 22 heavy (non-hydrogen) atoms. The summed E-state index contributed by atoms with van der Waals surface area (Å²) in [5.41, 5.74) is 3.00. The SMILES string of the molecule is CC/C=C(/N=C(c1ccccc1)c1ccccc1)C(=O)OC.